The summed E-state index contributed by atoms with van der Waals surface area (Å²) in [6.07, 6.45) is 6.54. The van der Waals surface area contributed by atoms with E-state index in [1.54, 1.807) is 19.5 Å². The third-order valence-corrected chi connectivity index (χ3v) is 5.95. The standard InChI is InChI=1S/C25H22F3N5O2/c1-14-11-32(13-29-14)21-5-3-15(7-22(21)35-2)4-6-23-30-25-18(10-17(34)12-33(25)31-23)16-8-19(26)24(28)20(27)9-16/h3-9,11,13,17-18,34H,10,12H2,1-2H3/b6-4+/t17-,18-/m1/s1. The second kappa shape index (κ2) is 9.03. The van der Waals surface area contributed by atoms with Crippen LogP contribution in [0, 0.1) is 24.4 Å². The van der Waals surface area contributed by atoms with Crippen LogP contribution in [-0.2, 0) is 6.54 Å². The molecule has 0 radical (unpaired) electrons. The highest BCUT2D eigenvalue weighted by atomic mass is 19.2. The van der Waals surface area contributed by atoms with Crippen molar-refractivity contribution in [3.8, 4) is 11.4 Å². The van der Waals surface area contributed by atoms with Gasteiger partial charge >= 0.3 is 0 Å². The Bertz CT molecular complexity index is 1410. The van der Waals surface area contributed by atoms with Gasteiger partial charge in [-0.3, -0.25) is 0 Å². The number of nitrogens with zero attached hydrogens (tertiary/aromatic N) is 5. The van der Waals surface area contributed by atoms with Gasteiger partial charge in [0, 0.05) is 12.1 Å². The van der Waals surface area contributed by atoms with Gasteiger partial charge in [0.15, 0.2) is 23.3 Å². The summed E-state index contributed by atoms with van der Waals surface area (Å²) in [5, 5.41) is 14.7. The zero-order valence-electron chi connectivity index (χ0n) is 19.0. The lowest BCUT2D eigenvalue weighted by Crippen LogP contribution is -2.29. The number of fused-ring (bicyclic) bond motifs is 1. The molecule has 0 unspecified atom stereocenters. The van der Waals surface area contributed by atoms with Crippen molar-refractivity contribution >= 4 is 12.2 Å². The molecule has 3 heterocycles. The van der Waals surface area contributed by atoms with Crippen molar-refractivity contribution in [3.05, 3.63) is 88.8 Å². The number of imidazole rings is 1. The molecule has 4 aromatic rings. The molecule has 10 heteroatoms. The predicted octanol–water partition coefficient (Wildman–Crippen LogP) is 4.27. The molecule has 1 N–H and O–H groups in total. The van der Waals surface area contributed by atoms with Crippen molar-refractivity contribution < 1.29 is 23.0 Å². The summed E-state index contributed by atoms with van der Waals surface area (Å²) in [4.78, 5) is 8.76. The van der Waals surface area contributed by atoms with E-state index in [4.69, 9.17) is 4.74 Å². The number of hydrogen-bond acceptors (Lipinski definition) is 5. The number of aryl methyl sites for hydroxylation is 1. The van der Waals surface area contributed by atoms with Crippen molar-refractivity contribution in [2.45, 2.75) is 31.9 Å². The minimum Gasteiger partial charge on any atom is -0.495 e. The Hall–Kier alpha value is -3.92. The lowest BCUT2D eigenvalue weighted by atomic mass is 9.89. The van der Waals surface area contributed by atoms with Crippen LogP contribution in [-0.4, -0.2) is 42.6 Å². The predicted molar refractivity (Wildman–Crippen MR) is 123 cm³/mol. The van der Waals surface area contributed by atoms with Crippen LogP contribution < -0.4 is 4.74 Å². The van der Waals surface area contributed by atoms with E-state index in [1.165, 1.54) is 4.68 Å². The topological polar surface area (TPSA) is 78.0 Å². The number of ether oxygens (including phenoxy) is 1. The quantitative estimate of drug-likeness (QED) is 0.431. The lowest BCUT2D eigenvalue weighted by molar-refractivity contribution is 0.117. The van der Waals surface area contributed by atoms with Crippen molar-refractivity contribution in [1.82, 2.24) is 24.3 Å². The molecule has 0 fully saturated rings. The van der Waals surface area contributed by atoms with E-state index < -0.39 is 29.5 Å². The van der Waals surface area contributed by atoms with Gasteiger partial charge in [-0.05, 0) is 54.8 Å². The van der Waals surface area contributed by atoms with Crippen LogP contribution in [0.4, 0.5) is 13.2 Å². The first-order valence-electron chi connectivity index (χ1n) is 11.0. The Kier molecular flexibility index (Phi) is 5.89. The van der Waals surface area contributed by atoms with Gasteiger partial charge in [0.05, 0.1) is 37.5 Å². The summed E-state index contributed by atoms with van der Waals surface area (Å²) in [7, 11) is 1.59. The minimum absolute atomic E-state index is 0.193. The van der Waals surface area contributed by atoms with Crippen LogP contribution in [0.2, 0.25) is 0 Å². The molecule has 0 spiro atoms. The number of aromatic nitrogens is 5. The number of rotatable bonds is 5. The van der Waals surface area contributed by atoms with E-state index >= 15 is 0 Å². The van der Waals surface area contributed by atoms with Crippen LogP contribution >= 0.6 is 0 Å². The molecule has 2 atom stereocenters. The number of halogens is 3. The summed E-state index contributed by atoms with van der Waals surface area (Å²) in [5.41, 5.74) is 2.77. The van der Waals surface area contributed by atoms with Gasteiger partial charge in [0.1, 0.15) is 11.6 Å². The molecular weight excluding hydrogens is 459 g/mol. The zero-order valence-corrected chi connectivity index (χ0v) is 19.0. The van der Waals surface area contributed by atoms with Crippen LogP contribution in [0.25, 0.3) is 17.8 Å². The number of hydrogen-bond donors (Lipinski definition) is 1. The number of aliphatic hydroxyl groups excluding tert-OH is 1. The second-order valence-electron chi connectivity index (χ2n) is 8.44. The van der Waals surface area contributed by atoms with Crippen molar-refractivity contribution in [2.75, 3.05) is 7.11 Å². The lowest BCUT2D eigenvalue weighted by Gasteiger charge is -2.26. The first-order valence-corrected chi connectivity index (χ1v) is 11.0. The second-order valence-corrected chi connectivity index (χ2v) is 8.44. The fraction of sp³-hybridized carbons (Fsp3) is 0.240. The highest BCUT2D eigenvalue weighted by Gasteiger charge is 2.31. The Morgan fingerprint density at radius 3 is 2.57 bits per heavy atom. The molecule has 0 saturated carbocycles. The number of aliphatic hydroxyl groups is 1. The molecule has 5 rings (SSSR count). The largest absolute Gasteiger partial charge is 0.495 e. The van der Waals surface area contributed by atoms with Crippen LogP contribution in [0.15, 0.2) is 42.9 Å². The Morgan fingerprint density at radius 1 is 1.11 bits per heavy atom. The Morgan fingerprint density at radius 2 is 1.89 bits per heavy atom. The highest BCUT2D eigenvalue weighted by Crippen LogP contribution is 2.34. The van der Waals surface area contributed by atoms with Gasteiger partial charge in [-0.25, -0.2) is 27.8 Å². The smallest absolute Gasteiger partial charge is 0.194 e. The minimum atomic E-state index is -1.53. The zero-order chi connectivity index (χ0) is 24.7. The van der Waals surface area contributed by atoms with Gasteiger partial charge < -0.3 is 14.4 Å². The van der Waals surface area contributed by atoms with E-state index in [0.717, 1.165) is 29.1 Å². The maximum Gasteiger partial charge on any atom is 0.194 e. The van der Waals surface area contributed by atoms with E-state index in [2.05, 4.69) is 15.1 Å². The first-order chi connectivity index (χ1) is 16.8. The molecule has 0 bridgehead atoms. The fourth-order valence-electron chi connectivity index (χ4n) is 4.28. The normalized spacial score (nSPS) is 17.7. The summed E-state index contributed by atoms with van der Waals surface area (Å²) < 4.78 is 50.0. The maximum atomic E-state index is 13.8. The van der Waals surface area contributed by atoms with Crippen molar-refractivity contribution in [1.29, 1.82) is 0 Å². The molecule has 0 saturated heterocycles. The summed E-state index contributed by atoms with van der Waals surface area (Å²) >= 11 is 0. The Labute approximate surface area is 199 Å². The SMILES string of the molecule is COc1cc(/C=C/c2nc3n(n2)C[C@H](O)C[C@@H]3c2cc(F)c(F)c(F)c2)ccc1-n1cnc(C)c1. The van der Waals surface area contributed by atoms with Crippen LogP contribution in [0.5, 0.6) is 5.75 Å². The van der Waals surface area contributed by atoms with Crippen molar-refractivity contribution in [2.24, 2.45) is 0 Å². The molecule has 1 aliphatic rings. The summed E-state index contributed by atoms with van der Waals surface area (Å²) in [6.45, 7) is 2.11. The van der Waals surface area contributed by atoms with Gasteiger partial charge in [0.2, 0.25) is 0 Å². The molecule has 180 valence electrons. The van der Waals surface area contributed by atoms with E-state index in [9.17, 15) is 18.3 Å². The molecule has 1 aliphatic heterocycles. The van der Waals surface area contributed by atoms with Gasteiger partial charge in [-0.15, -0.1) is 0 Å². The Balaban J connectivity index is 1.44. The molecule has 0 amide bonds. The molecule has 2 aromatic carbocycles. The molecule has 7 nitrogen and oxygen atoms in total. The van der Waals surface area contributed by atoms with Gasteiger partial charge in [0.25, 0.3) is 0 Å². The first kappa shape index (κ1) is 22.9. The van der Waals surface area contributed by atoms with Gasteiger partial charge in [-0.1, -0.05) is 12.1 Å². The summed E-state index contributed by atoms with van der Waals surface area (Å²) in [6, 6.07) is 7.57. The molecule has 0 aliphatic carbocycles. The van der Waals surface area contributed by atoms with E-state index in [0.29, 0.717) is 17.4 Å². The third kappa shape index (κ3) is 4.44. The molecule has 2 aromatic heterocycles. The number of benzene rings is 2. The molecule has 35 heavy (non-hydrogen) atoms. The summed E-state index contributed by atoms with van der Waals surface area (Å²) in [5.74, 6) is -3.25. The van der Waals surface area contributed by atoms with Crippen LogP contribution in [0.3, 0.4) is 0 Å². The van der Waals surface area contributed by atoms with E-state index in [-0.39, 0.29) is 18.5 Å². The fourth-order valence-corrected chi connectivity index (χ4v) is 4.28. The monoisotopic (exact) mass is 481 g/mol. The molecular formula is C25H22F3N5O2. The van der Waals surface area contributed by atoms with Crippen molar-refractivity contribution in [3.63, 3.8) is 0 Å². The van der Waals surface area contributed by atoms with Gasteiger partial charge in [-0.2, -0.15) is 5.10 Å². The van der Waals surface area contributed by atoms with E-state index in [1.807, 2.05) is 42.0 Å². The van der Waals surface area contributed by atoms with Crippen LogP contribution in [0.1, 0.15) is 40.8 Å². The number of methoxy groups -OCH3 is 1. The maximum absolute atomic E-state index is 13.8. The third-order valence-electron chi connectivity index (χ3n) is 5.95. The average Bonchev–Trinajstić information content (AvgIpc) is 3.45. The average molecular weight is 481 g/mol. The highest BCUT2D eigenvalue weighted by molar-refractivity contribution is 5.69.